The Morgan fingerprint density at radius 3 is 2.28 bits per heavy atom. The molecule has 0 bridgehead atoms. The van der Waals surface area contributed by atoms with E-state index in [9.17, 15) is 8.42 Å². The molecule has 100 valence electrons. The number of hydrogen-bond acceptors (Lipinski definition) is 3. The Labute approximate surface area is 109 Å². The van der Waals surface area contributed by atoms with Crippen molar-refractivity contribution in [2.24, 2.45) is 5.73 Å². The molecular weight excluding hydrogens is 246 g/mol. The fourth-order valence-corrected chi connectivity index (χ4v) is 3.96. The molecule has 1 aromatic rings. The molecule has 0 radical (unpaired) electrons. The van der Waals surface area contributed by atoms with Crippen molar-refractivity contribution in [3.8, 4) is 0 Å². The van der Waals surface area contributed by atoms with Gasteiger partial charge in [0.2, 0.25) is 0 Å². The summed E-state index contributed by atoms with van der Waals surface area (Å²) in [4.78, 5) is 0. The molecule has 1 saturated carbocycles. The summed E-state index contributed by atoms with van der Waals surface area (Å²) in [5.74, 6) is 0.280. The van der Waals surface area contributed by atoms with Gasteiger partial charge < -0.3 is 5.73 Å². The van der Waals surface area contributed by atoms with Gasteiger partial charge in [-0.05, 0) is 43.4 Å². The lowest BCUT2D eigenvalue weighted by molar-refractivity contribution is 0.592. The highest BCUT2D eigenvalue weighted by Crippen LogP contribution is 2.49. The number of aryl methyl sites for hydroxylation is 1. The van der Waals surface area contributed by atoms with Crippen LogP contribution in [0.5, 0.6) is 0 Å². The minimum atomic E-state index is -2.91. The van der Waals surface area contributed by atoms with Crippen LogP contribution < -0.4 is 5.73 Å². The molecule has 18 heavy (non-hydrogen) atoms. The Kier molecular flexibility index (Phi) is 3.78. The lowest BCUT2D eigenvalue weighted by atomic mass is 9.96. The Bertz CT molecular complexity index is 501. The molecule has 0 spiro atoms. The highest BCUT2D eigenvalue weighted by atomic mass is 32.2. The number of hydrogen-bond donors (Lipinski definition) is 1. The van der Waals surface area contributed by atoms with Gasteiger partial charge in [0.05, 0.1) is 5.75 Å². The third kappa shape index (κ3) is 3.33. The summed E-state index contributed by atoms with van der Waals surface area (Å²) in [7, 11) is -2.91. The van der Waals surface area contributed by atoms with Crippen LogP contribution in [0.25, 0.3) is 0 Å². The van der Waals surface area contributed by atoms with Crippen molar-refractivity contribution in [3.63, 3.8) is 0 Å². The molecule has 2 N–H and O–H groups in total. The monoisotopic (exact) mass is 267 g/mol. The second-order valence-electron chi connectivity index (χ2n) is 5.44. The van der Waals surface area contributed by atoms with E-state index in [0.29, 0.717) is 6.54 Å². The molecule has 0 aromatic heterocycles. The topological polar surface area (TPSA) is 60.2 Å². The fourth-order valence-electron chi connectivity index (χ4n) is 2.50. The van der Waals surface area contributed by atoms with Gasteiger partial charge in [0.15, 0.2) is 0 Å². The first-order valence-corrected chi connectivity index (χ1v) is 8.48. The first-order chi connectivity index (χ1) is 8.45. The molecular formula is C14H21NO2S. The van der Waals surface area contributed by atoms with Crippen molar-refractivity contribution in [2.75, 3.05) is 18.6 Å². The van der Waals surface area contributed by atoms with Crippen molar-refractivity contribution >= 4 is 9.84 Å². The lowest BCUT2D eigenvalue weighted by Gasteiger charge is -2.15. The van der Waals surface area contributed by atoms with Gasteiger partial charge in [-0.3, -0.25) is 0 Å². The van der Waals surface area contributed by atoms with Crippen LogP contribution in [-0.2, 0) is 21.7 Å². The van der Waals surface area contributed by atoms with Gasteiger partial charge in [0.1, 0.15) is 9.84 Å². The molecule has 1 aromatic carbocycles. The maximum atomic E-state index is 11.5. The summed E-state index contributed by atoms with van der Waals surface area (Å²) in [5, 5.41) is 0. The molecule has 3 nitrogen and oxygen atoms in total. The number of benzene rings is 1. The van der Waals surface area contributed by atoms with E-state index >= 15 is 0 Å². The average Bonchev–Trinajstić information content (AvgIpc) is 3.05. The Morgan fingerprint density at radius 1 is 1.22 bits per heavy atom. The standard InChI is InChI=1S/C14H21NO2S/c1-18(16,17)11-14(8-9-14)13-6-4-12(5-7-13)3-2-10-15/h4-7H,2-3,8-11,15H2,1H3. The van der Waals surface area contributed by atoms with Gasteiger partial charge in [-0.25, -0.2) is 8.42 Å². The van der Waals surface area contributed by atoms with Crippen LogP contribution in [0.4, 0.5) is 0 Å². The van der Waals surface area contributed by atoms with E-state index in [1.807, 2.05) is 0 Å². The zero-order valence-corrected chi connectivity index (χ0v) is 11.7. The second-order valence-corrected chi connectivity index (χ2v) is 7.58. The lowest BCUT2D eigenvalue weighted by Crippen LogP contribution is -2.19. The fraction of sp³-hybridized carbons (Fsp3) is 0.571. The molecule has 0 unspecified atom stereocenters. The van der Waals surface area contributed by atoms with Gasteiger partial charge >= 0.3 is 0 Å². The van der Waals surface area contributed by atoms with Crippen molar-refractivity contribution < 1.29 is 8.42 Å². The largest absolute Gasteiger partial charge is 0.330 e. The van der Waals surface area contributed by atoms with Crippen LogP contribution in [-0.4, -0.2) is 27.0 Å². The Morgan fingerprint density at radius 2 is 1.83 bits per heavy atom. The van der Waals surface area contributed by atoms with Gasteiger partial charge in [0, 0.05) is 11.7 Å². The van der Waals surface area contributed by atoms with Crippen molar-refractivity contribution in [1.29, 1.82) is 0 Å². The quantitative estimate of drug-likeness (QED) is 0.852. The zero-order chi connectivity index (χ0) is 13.2. The number of rotatable bonds is 6. The van der Waals surface area contributed by atoms with Gasteiger partial charge in [-0.15, -0.1) is 0 Å². The summed E-state index contributed by atoms with van der Waals surface area (Å²) >= 11 is 0. The minimum Gasteiger partial charge on any atom is -0.330 e. The molecule has 0 aliphatic heterocycles. The first kappa shape index (κ1) is 13.6. The predicted molar refractivity (Wildman–Crippen MR) is 74.4 cm³/mol. The summed E-state index contributed by atoms with van der Waals surface area (Å²) in [6.07, 6.45) is 5.29. The minimum absolute atomic E-state index is 0.0972. The first-order valence-electron chi connectivity index (χ1n) is 6.42. The highest BCUT2D eigenvalue weighted by molar-refractivity contribution is 7.90. The van der Waals surface area contributed by atoms with E-state index in [0.717, 1.165) is 25.7 Å². The van der Waals surface area contributed by atoms with Crippen LogP contribution >= 0.6 is 0 Å². The summed E-state index contributed by atoms with van der Waals surface area (Å²) in [5.41, 5.74) is 7.84. The average molecular weight is 267 g/mol. The van der Waals surface area contributed by atoms with E-state index in [-0.39, 0.29) is 11.2 Å². The number of sulfone groups is 1. The van der Waals surface area contributed by atoms with E-state index in [1.54, 1.807) is 0 Å². The molecule has 2 rings (SSSR count). The van der Waals surface area contributed by atoms with Crippen LogP contribution in [0.1, 0.15) is 30.4 Å². The van der Waals surface area contributed by atoms with Crippen LogP contribution in [0.15, 0.2) is 24.3 Å². The third-order valence-corrected chi connectivity index (χ3v) is 4.70. The molecule has 1 aliphatic rings. The molecule has 0 atom stereocenters. The van der Waals surface area contributed by atoms with E-state index < -0.39 is 9.84 Å². The Balaban J connectivity index is 2.10. The zero-order valence-electron chi connectivity index (χ0n) is 10.9. The SMILES string of the molecule is CS(=O)(=O)CC1(c2ccc(CCCN)cc2)CC1. The normalized spacial score (nSPS) is 17.7. The van der Waals surface area contributed by atoms with E-state index in [2.05, 4.69) is 24.3 Å². The Hall–Kier alpha value is -0.870. The molecule has 0 amide bonds. The van der Waals surface area contributed by atoms with Crippen molar-refractivity contribution in [3.05, 3.63) is 35.4 Å². The van der Waals surface area contributed by atoms with Crippen LogP contribution in [0.2, 0.25) is 0 Å². The molecule has 4 heteroatoms. The van der Waals surface area contributed by atoms with Crippen molar-refractivity contribution in [1.82, 2.24) is 0 Å². The van der Waals surface area contributed by atoms with E-state index in [1.165, 1.54) is 17.4 Å². The van der Waals surface area contributed by atoms with Gasteiger partial charge in [-0.1, -0.05) is 24.3 Å². The number of nitrogens with two attached hydrogens (primary N) is 1. The summed E-state index contributed by atoms with van der Waals surface area (Å²) < 4.78 is 22.9. The maximum Gasteiger partial charge on any atom is 0.148 e. The van der Waals surface area contributed by atoms with Crippen LogP contribution in [0, 0.1) is 0 Å². The van der Waals surface area contributed by atoms with Gasteiger partial charge in [0.25, 0.3) is 0 Å². The maximum absolute atomic E-state index is 11.5. The molecule has 1 fully saturated rings. The summed E-state index contributed by atoms with van der Waals surface area (Å²) in [6.45, 7) is 0.708. The van der Waals surface area contributed by atoms with E-state index in [4.69, 9.17) is 5.73 Å². The second kappa shape index (κ2) is 5.02. The van der Waals surface area contributed by atoms with Gasteiger partial charge in [-0.2, -0.15) is 0 Å². The smallest absolute Gasteiger partial charge is 0.148 e. The molecule has 0 saturated heterocycles. The summed E-state index contributed by atoms with van der Waals surface area (Å²) in [6, 6.07) is 8.38. The molecule has 1 aliphatic carbocycles. The molecule has 0 heterocycles. The third-order valence-electron chi connectivity index (χ3n) is 3.63. The van der Waals surface area contributed by atoms with Crippen LogP contribution in [0.3, 0.4) is 0 Å². The highest BCUT2D eigenvalue weighted by Gasteiger charge is 2.46. The predicted octanol–water partition coefficient (Wildman–Crippen LogP) is 1.65. The van der Waals surface area contributed by atoms with Crippen molar-refractivity contribution in [2.45, 2.75) is 31.1 Å².